The molecule has 0 atom stereocenters. The van der Waals surface area contributed by atoms with Crippen molar-refractivity contribution in [3.8, 4) is 22.3 Å². The molecule has 0 fully saturated rings. The van der Waals surface area contributed by atoms with E-state index in [0.717, 1.165) is 11.4 Å². The molecular formula is C45H33N. The van der Waals surface area contributed by atoms with Gasteiger partial charge in [-0.05, 0) is 85.3 Å². The monoisotopic (exact) mass is 587 g/mol. The lowest BCUT2D eigenvalue weighted by Crippen LogP contribution is -2.17. The number of nitrogens with zero attached hydrogens (tertiary/aromatic N) is 1. The van der Waals surface area contributed by atoms with Crippen LogP contribution >= 0.6 is 0 Å². The molecule has 0 heterocycles. The maximum atomic E-state index is 2.51. The van der Waals surface area contributed by atoms with Gasteiger partial charge < -0.3 is 4.90 Å². The molecule has 1 nitrogen and oxygen atoms in total. The Morgan fingerprint density at radius 2 is 0.978 bits per heavy atom. The second-order valence-corrected chi connectivity index (χ2v) is 13.0. The molecule has 46 heavy (non-hydrogen) atoms. The van der Waals surface area contributed by atoms with Crippen molar-refractivity contribution >= 4 is 49.4 Å². The van der Waals surface area contributed by atoms with Gasteiger partial charge in [-0.2, -0.15) is 0 Å². The van der Waals surface area contributed by atoms with E-state index < -0.39 is 0 Å². The smallest absolute Gasteiger partial charge is 0.0618 e. The summed E-state index contributed by atoms with van der Waals surface area (Å²) < 4.78 is 0. The van der Waals surface area contributed by atoms with Gasteiger partial charge in [-0.25, -0.2) is 0 Å². The first-order valence-corrected chi connectivity index (χ1v) is 16.1. The molecule has 0 aromatic heterocycles. The molecule has 1 aliphatic carbocycles. The van der Waals surface area contributed by atoms with Crippen LogP contribution in [0.3, 0.4) is 0 Å². The maximum Gasteiger partial charge on any atom is 0.0618 e. The van der Waals surface area contributed by atoms with Crippen LogP contribution in [0.1, 0.15) is 25.0 Å². The summed E-state index contributed by atoms with van der Waals surface area (Å²) >= 11 is 0. The van der Waals surface area contributed by atoms with Gasteiger partial charge in [0.05, 0.1) is 5.69 Å². The molecule has 1 aliphatic rings. The molecule has 0 aliphatic heterocycles. The van der Waals surface area contributed by atoms with Gasteiger partial charge in [0.1, 0.15) is 0 Å². The summed E-state index contributed by atoms with van der Waals surface area (Å²) in [5, 5.41) is 7.43. The van der Waals surface area contributed by atoms with Gasteiger partial charge in [-0.1, -0.05) is 147 Å². The van der Waals surface area contributed by atoms with Gasteiger partial charge in [-0.3, -0.25) is 0 Å². The number of anilines is 3. The van der Waals surface area contributed by atoms with Crippen molar-refractivity contribution in [1.82, 2.24) is 0 Å². The highest BCUT2D eigenvalue weighted by molar-refractivity contribution is 6.14. The van der Waals surface area contributed by atoms with Crippen molar-refractivity contribution in [1.29, 1.82) is 0 Å². The van der Waals surface area contributed by atoms with Crippen LogP contribution in [0, 0.1) is 0 Å². The highest BCUT2D eigenvalue weighted by Gasteiger charge is 2.36. The molecule has 8 aromatic rings. The van der Waals surface area contributed by atoms with E-state index in [2.05, 4.69) is 183 Å². The lowest BCUT2D eigenvalue weighted by atomic mass is 9.82. The van der Waals surface area contributed by atoms with Crippen molar-refractivity contribution in [3.05, 3.63) is 175 Å². The molecule has 0 saturated carbocycles. The highest BCUT2D eigenvalue weighted by Crippen LogP contribution is 2.52. The quantitative estimate of drug-likeness (QED) is 0.185. The Morgan fingerprint density at radius 1 is 0.391 bits per heavy atom. The Balaban J connectivity index is 1.36. The molecule has 1 heteroatoms. The van der Waals surface area contributed by atoms with Crippen molar-refractivity contribution in [2.45, 2.75) is 19.3 Å². The van der Waals surface area contributed by atoms with E-state index in [4.69, 9.17) is 0 Å². The van der Waals surface area contributed by atoms with Crippen molar-refractivity contribution < 1.29 is 0 Å². The zero-order valence-corrected chi connectivity index (χ0v) is 26.0. The molecule has 218 valence electrons. The Kier molecular flexibility index (Phi) is 5.92. The minimum Gasteiger partial charge on any atom is -0.309 e. The summed E-state index contributed by atoms with van der Waals surface area (Å²) in [4.78, 5) is 2.51. The predicted molar refractivity (Wildman–Crippen MR) is 197 cm³/mol. The van der Waals surface area contributed by atoms with E-state index >= 15 is 0 Å². The van der Waals surface area contributed by atoms with Crippen LogP contribution in [0.4, 0.5) is 17.1 Å². The van der Waals surface area contributed by atoms with Crippen LogP contribution in [0.25, 0.3) is 54.6 Å². The Labute approximate surface area is 270 Å². The van der Waals surface area contributed by atoms with Crippen LogP contribution in [0.5, 0.6) is 0 Å². The third kappa shape index (κ3) is 4.02. The average Bonchev–Trinajstić information content (AvgIpc) is 3.34. The van der Waals surface area contributed by atoms with Crippen LogP contribution in [-0.2, 0) is 5.41 Å². The summed E-state index contributed by atoms with van der Waals surface area (Å²) in [6, 6.07) is 60.3. The molecule has 0 unspecified atom stereocenters. The molecule has 0 saturated heterocycles. The average molecular weight is 588 g/mol. The van der Waals surface area contributed by atoms with Crippen LogP contribution in [0.2, 0.25) is 0 Å². The number of hydrogen-bond donors (Lipinski definition) is 0. The number of hydrogen-bond acceptors (Lipinski definition) is 1. The van der Waals surface area contributed by atoms with Gasteiger partial charge in [0.15, 0.2) is 0 Å². The van der Waals surface area contributed by atoms with E-state index in [1.165, 1.54) is 71.4 Å². The Morgan fingerprint density at radius 3 is 1.76 bits per heavy atom. The Hall–Kier alpha value is -5.66. The number of fused-ring (bicyclic) bond motifs is 6. The van der Waals surface area contributed by atoms with E-state index in [9.17, 15) is 0 Å². The fourth-order valence-electron chi connectivity index (χ4n) is 7.74. The molecule has 0 bridgehead atoms. The minimum absolute atomic E-state index is 0.0989. The third-order valence-electron chi connectivity index (χ3n) is 10.0. The molecule has 0 amide bonds. The maximum absolute atomic E-state index is 2.51. The lowest BCUT2D eigenvalue weighted by Gasteiger charge is -2.30. The zero-order chi connectivity index (χ0) is 30.8. The molecule has 0 spiro atoms. The number of benzene rings is 8. The summed E-state index contributed by atoms with van der Waals surface area (Å²) in [5.74, 6) is 0. The second kappa shape index (κ2) is 10.2. The van der Waals surface area contributed by atoms with E-state index in [0.29, 0.717) is 0 Å². The molecule has 0 N–H and O–H groups in total. The zero-order valence-electron chi connectivity index (χ0n) is 26.0. The van der Waals surface area contributed by atoms with E-state index in [1.807, 2.05) is 0 Å². The second-order valence-electron chi connectivity index (χ2n) is 13.0. The highest BCUT2D eigenvalue weighted by atomic mass is 15.1. The van der Waals surface area contributed by atoms with Crippen LogP contribution in [0.15, 0.2) is 164 Å². The first-order chi connectivity index (χ1) is 22.6. The van der Waals surface area contributed by atoms with Crippen LogP contribution < -0.4 is 4.90 Å². The van der Waals surface area contributed by atoms with Gasteiger partial charge in [-0.15, -0.1) is 0 Å². The van der Waals surface area contributed by atoms with Crippen molar-refractivity contribution in [2.75, 3.05) is 4.90 Å². The van der Waals surface area contributed by atoms with Gasteiger partial charge in [0.2, 0.25) is 0 Å². The van der Waals surface area contributed by atoms with Crippen LogP contribution in [-0.4, -0.2) is 0 Å². The van der Waals surface area contributed by atoms with Crippen molar-refractivity contribution in [3.63, 3.8) is 0 Å². The van der Waals surface area contributed by atoms with Crippen molar-refractivity contribution in [2.24, 2.45) is 0 Å². The number of rotatable bonds is 4. The lowest BCUT2D eigenvalue weighted by molar-refractivity contribution is 0.660. The van der Waals surface area contributed by atoms with Gasteiger partial charge in [0, 0.05) is 27.6 Å². The fraction of sp³-hybridized carbons (Fsp3) is 0.0667. The topological polar surface area (TPSA) is 3.24 Å². The van der Waals surface area contributed by atoms with E-state index in [1.54, 1.807) is 0 Å². The molecule has 8 aromatic carbocycles. The summed E-state index contributed by atoms with van der Waals surface area (Å²) in [5.41, 5.74) is 11.3. The van der Waals surface area contributed by atoms with E-state index in [-0.39, 0.29) is 5.41 Å². The molecule has 0 radical (unpaired) electrons. The standard InChI is InChI=1S/C45H33N/c1-45(2)42-22-11-10-20-39(42)40-26-25-35(29-43(40)45)46(44-37-18-8-6-15-32(37)27-33-16-7-9-19-38(33)44)34-24-23-31-17-12-21-36(41(31)28-34)30-13-4-3-5-14-30/h3-29H,1-2H3. The van der Waals surface area contributed by atoms with Gasteiger partial charge >= 0.3 is 0 Å². The minimum atomic E-state index is -0.0989. The first-order valence-electron chi connectivity index (χ1n) is 16.1. The summed E-state index contributed by atoms with van der Waals surface area (Å²) in [6.45, 7) is 4.72. The summed E-state index contributed by atoms with van der Waals surface area (Å²) in [7, 11) is 0. The molecule has 9 rings (SSSR count). The Bertz CT molecular complexity index is 2400. The third-order valence-corrected chi connectivity index (χ3v) is 10.0. The predicted octanol–water partition coefficient (Wildman–Crippen LogP) is 12.6. The normalized spacial score (nSPS) is 13.2. The summed E-state index contributed by atoms with van der Waals surface area (Å²) in [6.07, 6.45) is 0. The van der Waals surface area contributed by atoms with Gasteiger partial charge in [0.25, 0.3) is 0 Å². The first kappa shape index (κ1) is 26.7. The molecular weight excluding hydrogens is 555 g/mol. The SMILES string of the molecule is CC1(C)c2ccccc2-c2ccc(N(c3ccc4cccc(-c5ccccc5)c4c3)c3c4ccccc4cc4ccccc34)cc21. The fourth-order valence-corrected chi connectivity index (χ4v) is 7.74. The largest absolute Gasteiger partial charge is 0.309 e.